The van der Waals surface area contributed by atoms with Crippen LogP contribution in [-0.4, -0.2) is 11.4 Å². The van der Waals surface area contributed by atoms with Crippen LogP contribution in [0.4, 0.5) is 22.0 Å². The maximum absolute atomic E-state index is 13.9. The molecule has 0 amide bonds. The molecule has 25 heavy (non-hydrogen) atoms. The molecule has 1 aliphatic carbocycles. The Balaban J connectivity index is 1.85. The van der Waals surface area contributed by atoms with Crippen LogP contribution in [0.25, 0.3) is 0 Å². The van der Waals surface area contributed by atoms with Gasteiger partial charge in [0.1, 0.15) is 0 Å². The van der Waals surface area contributed by atoms with Gasteiger partial charge in [0.2, 0.25) is 5.82 Å². The minimum absolute atomic E-state index is 0.0510. The summed E-state index contributed by atoms with van der Waals surface area (Å²) in [5, 5.41) is 0.0510. The highest BCUT2D eigenvalue weighted by atomic mass is 33.2. The fraction of sp³-hybridized carbons (Fsp3) is 0.467. The zero-order chi connectivity index (χ0) is 18.5. The average molecular weight is 432 g/mol. The van der Waals surface area contributed by atoms with E-state index in [0.717, 1.165) is 24.8 Å². The first-order valence-corrected chi connectivity index (χ1v) is 13.1. The Hall–Kier alpha value is -0.0800. The molecule has 1 aromatic carbocycles. The van der Waals surface area contributed by atoms with Crippen molar-refractivity contribution < 1.29 is 26.5 Å². The van der Waals surface area contributed by atoms with Crippen LogP contribution >= 0.6 is 27.4 Å². The normalized spacial score (nSPS) is 31.8. The largest absolute Gasteiger partial charge is 0.329 e. The maximum atomic E-state index is 13.9. The van der Waals surface area contributed by atoms with E-state index in [0.29, 0.717) is 17.3 Å². The van der Waals surface area contributed by atoms with Crippen LogP contribution in [0.15, 0.2) is 17.0 Å². The highest BCUT2D eigenvalue weighted by Gasteiger charge is 2.46. The van der Waals surface area contributed by atoms with Crippen molar-refractivity contribution in [2.45, 2.75) is 42.4 Å². The van der Waals surface area contributed by atoms with Gasteiger partial charge in [-0.3, -0.25) is 0 Å². The van der Waals surface area contributed by atoms with Gasteiger partial charge in [-0.15, -0.1) is 0 Å². The van der Waals surface area contributed by atoms with E-state index in [9.17, 15) is 22.0 Å². The van der Waals surface area contributed by atoms with Crippen molar-refractivity contribution >= 4 is 39.2 Å². The topological polar surface area (TPSA) is 9.23 Å². The molecule has 1 heterocycles. The van der Waals surface area contributed by atoms with Crippen LogP contribution < -0.4 is 0 Å². The molecule has 0 spiro atoms. The Labute approximate surface area is 155 Å². The van der Waals surface area contributed by atoms with Crippen LogP contribution in [0.3, 0.4) is 0 Å². The molecule has 0 aromatic heterocycles. The van der Waals surface area contributed by atoms with E-state index in [4.69, 9.17) is 16.3 Å². The van der Waals surface area contributed by atoms with Crippen LogP contribution in [0, 0.1) is 35.0 Å². The van der Waals surface area contributed by atoms with E-state index in [1.807, 2.05) is 6.92 Å². The van der Waals surface area contributed by atoms with Crippen molar-refractivity contribution in [1.82, 2.24) is 0 Å². The van der Waals surface area contributed by atoms with Gasteiger partial charge in [0.25, 0.3) is 0 Å². The molecular formula is C15H14F5OPS3. The van der Waals surface area contributed by atoms with Crippen molar-refractivity contribution in [3.05, 3.63) is 41.2 Å². The Morgan fingerprint density at radius 2 is 1.68 bits per heavy atom. The van der Waals surface area contributed by atoms with Gasteiger partial charge in [-0.05, 0) is 55.3 Å². The lowest BCUT2D eigenvalue weighted by Crippen LogP contribution is -2.29. The van der Waals surface area contributed by atoms with Crippen molar-refractivity contribution in [2.75, 3.05) is 0 Å². The van der Waals surface area contributed by atoms with Crippen LogP contribution in [0.5, 0.6) is 0 Å². The van der Waals surface area contributed by atoms with E-state index < -0.39 is 38.7 Å². The molecular weight excluding hydrogens is 418 g/mol. The fourth-order valence-electron chi connectivity index (χ4n) is 2.96. The van der Waals surface area contributed by atoms with Gasteiger partial charge in [0, 0.05) is 5.25 Å². The maximum Gasteiger partial charge on any atom is 0.200 e. The molecule has 2 fully saturated rings. The van der Waals surface area contributed by atoms with Gasteiger partial charge in [-0.2, -0.15) is 0 Å². The quantitative estimate of drug-likeness (QED) is 0.175. The SMILES string of the molecule is C=C(C)[C@@H]1CCC2O[P@](=S)(Sc3c(F)c(F)c(F)c(F)c3F)S[C@H]2C1. The first-order chi connectivity index (χ1) is 11.6. The van der Waals surface area contributed by atoms with Gasteiger partial charge in [-0.25, -0.2) is 22.0 Å². The molecule has 3 rings (SSSR count). The standard InChI is InChI=1S/C15H14F5OPS3/c1-6(2)7-3-4-8-9(5-7)24-22(23,21-8)25-15-13(19)11(17)10(16)12(18)14(15)20/h7-9H,1,3-5H2,2H3/t7-,8?,9+,22-/m1/s1. The number of halogens is 5. The van der Waals surface area contributed by atoms with Crippen molar-refractivity contribution in [3.8, 4) is 0 Å². The van der Waals surface area contributed by atoms with Gasteiger partial charge in [0.05, 0.1) is 11.0 Å². The van der Waals surface area contributed by atoms with E-state index in [1.54, 1.807) is 0 Å². The fourth-order valence-corrected chi connectivity index (χ4v) is 13.2. The second kappa shape index (κ2) is 7.15. The molecule has 2 aliphatic rings. The molecule has 1 unspecified atom stereocenters. The third-order valence-electron chi connectivity index (χ3n) is 4.33. The highest BCUT2D eigenvalue weighted by molar-refractivity contribution is 8.99. The third-order valence-corrected chi connectivity index (χ3v) is 13.1. The van der Waals surface area contributed by atoms with Crippen molar-refractivity contribution in [2.24, 2.45) is 5.92 Å². The van der Waals surface area contributed by atoms with Gasteiger partial charge in [0.15, 0.2) is 27.9 Å². The molecule has 1 saturated heterocycles. The number of fused-ring (bicyclic) bond motifs is 1. The predicted molar refractivity (Wildman–Crippen MR) is 94.8 cm³/mol. The van der Waals surface area contributed by atoms with Crippen molar-refractivity contribution in [3.63, 3.8) is 0 Å². The Morgan fingerprint density at radius 1 is 1.12 bits per heavy atom. The highest BCUT2D eigenvalue weighted by Crippen LogP contribution is 2.80. The molecule has 4 atom stereocenters. The molecule has 1 aromatic rings. The summed E-state index contributed by atoms with van der Waals surface area (Å²) in [4.78, 5) is -0.956. The van der Waals surface area contributed by atoms with E-state index in [2.05, 4.69) is 6.58 Å². The summed E-state index contributed by atoms with van der Waals surface area (Å²) in [6.07, 6.45) is 2.27. The van der Waals surface area contributed by atoms with Crippen molar-refractivity contribution in [1.29, 1.82) is 0 Å². The lowest BCUT2D eigenvalue weighted by Gasteiger charge is -2.29. The van der Waals surface area contributed by atoms with Gasteiger partial charge < -0.3 is 4.52 Å². The predicted octanol–water partition coefficient (Wildman–Crippen LogP) is 6.58. The minimum atomic E-state index is -2.86. The smallest absolute Gasteiger partial charge is 0.200 e. The molecule has 1 saturated carbocycles. The number of rotatable bonds is 3. The summed E-state index contributed by atoms with van der Waals surface area (Å²) < 4.78 is 70.8. The summed E-state index contributed by atoms with van der Waals surface area (Å²) >= 11 is 7.19. The molecule has 0 radical (unpaired) electrons. The lowest BCUT2D eigenvalue weighted by molar-refractivity contribution is 0.177. The van der Waals surface area contributed by atoms with Crippen LogP contribution in [0.2, 0.25) is 0 Å². The second-order valence-electron chi connectivity index (χ2n) is 6.08. The van der Waals surface area contributed by atoms with E-state index >= 15 is 0 Å². The monoisotopic (exact) mass is 432 g/mol. The lowest BCUT2D eigenvalue weighted by atomic mass is 9.83. The number of hydrogen-bond acceptors (Lipinski definition) is 4. The zero-order valence-corrected chi connectivity index (χ0v) is 16.4. The first-order valence-electron chi connectivity index (χ1n) is 7.46. The van der Waals surface area contributed by atoms with Crippen LogP contribution in [-0.2, 0) is 16.3 Å². The number of hydrogen-bond donors (Lipinski definition) is 0. The molecule has 1 aliphatic heterocycles. The number of benzene rings is 1. The van der Waals surface area contributed by atoms with Gasteiger partial charge in [-0.1, -0.05) is 23.5 Å². The zero-order valence-electron chi connectivity index (χ0n) is 13.0. The van der Waals surface area contributed by atoms with E-state index in [1.165, 1.54) is 11.4 Å². The average Bonchev–Trinajstić information content (AvgIpc) is 2.90. The summed E-state index contributed by atoms with van der Waals surface area (Å²) in [6, 6.07) is 0. The summed E-state index contributed by atoms with van der Waals surface area (Å²) in [5.74, 6) is -9.49. The Kier molecular flexibility index (Phi) is 5.63. The molecule has 0 bridgehead atoms. The Morgan fingerprint density at radius 3 is 2.24 bits per heavy atom. The second-order valence-corrected chi connectivity index (χ2v) is 16.5. The number of allylic oxidation sites excluding steroid dienone is 1. The van der Waals surface area contributed by atoms with Crippen LogP contribution in [0.1, 0.15) is 26.2 Å². The van der Waals surface area contributed by atoms with Gasteiger partial charge >= 0.3 is 0 Å². The molecule has 1 nitrogen and oxygen atoms in total. The Bertz CT molecular complexity index is 758. The molecule has 0 N–H and O–H groups in total. The first kappa shape index (κ1) is 19.7. The molecule has 10 heteroatoms. The summed E-state index contributed by atoms with van der Waals surface area (Å²) in [7, 11) is 0. The molecule has 138 valence electrons. The summed E-state index contributed by atoms with van der Waals surface area (Å²) in [5.41, 5.74) is 1.06. The van der Waals surface area contributed by atoms with E-state index in [-0.39, 0.29) is 11.4 Å². The third kappa shape index (κ3) is 3.68. The minimum Gasteiger partial charge on any atom is -0.329 e. The summed E-state index contributed by atoms with van der Waals surface area (Å²) in [6.45, 7) is 5.91.